The van der Waals surface area contributed by atoms with Crippen LogP contribution in [0, 0.1) is 13.8 Å². The summed E-state index contributed by atoms with van der Waals surface area (Å²) in [5.74, 6) is 0.875. The van der Waals surface area contributed by atoms with E-state index in [0.29, 0.717) is 0 Å². The lowest BCUT2D eigenvalue weighted by molar-refractivity contribution is 0.631. The van der Waals surface area contributed by atoms with Gasteiger partial charge >= 0.3 is 0 Å². The molecule has 0 fully saturated rings. The zero-order valence-corrected chi connectivity index (χ0v) is 10.5. The van der Waals surface area contributed by atoms with Crippen molar-refractivity contribution in [3.05, 3.63) is 53.6 Å². The van der Waals surface area contributed by atoms with Crippen molar-refractivity contribution in [3.63, 3.8) is 0 Å². The Bertz CT molecular complexity index is 725. The summed E-state index contributed by atoms with van der Waals surface area (Å²) < 4.78 is 5.89. The molecule has 1 aromatic heterocycles. The third kappa shape index (κ3) is 1.76. The van der Waals surface area contributed by atoms with Crippen LogP contribution >= 0.6 is 0 Å². The fraction of sp³-hybridized carbons (Fsp3) is 0.125. The molecule has 0 saturated carbocycles. The van der Waals surface area contributed by atoms with Crippen LogP contribution < -0.4 is 5.73 Å². The van der Waals surface area contributed by atoms with Crippen LogP contribution in [-0.2, 0) is 0 Å². The molecule has 18 heavy (non-hydrogen) atoms. The summed E-state index contributed by atoms with van der Waals surface area (Å²) in [5.41, 5.74) is 11.0. The molecule has 0 aliphatic carbocycles. The first-order chi connectivity index (χ1) is 8.63. The minimum absolute atomic E-state index is 0.757. The van der Waals surface area contributed by atoms with Gasteiger partial charge in [0.05, 0.1) is 0 Å². The van der Waals surface area contributed by atoms with E-state index in [1.54, 1.807) is 0 Å². The second-order valence-electron chi connectivity index (χ2n) is 4.73. The molecule has 0 spiro atoms. The first-order valence-electron chi connectivity index (χ1n) is 6.00. The van der Waals surface area contributed by atoms with Crippen molar-refractivity contribution in [1.82, 2.24) is 0 Å². The summed E-state index contributed by atoms with van der Waals surface area (Å²) in [4.78, 5) is 0. The molecule has 2 aromatic carbocycles. The van der Waals surface area contributed by atoms with Crippen molar-refractivity contribution in [2.75, 3.05) is 5.73 Å². The quantitative estimate of drug-likeness (QED) is 0.641. The molecular formula is C16H15NO. The van der Waals surface area contributed by atoms with E-state index in [2.05, 4.69) is 32.0 Å². The minimum Gasteiger partial charge on any atom is -0.456 e. The van der Waals surface area contributed by atoms with Crippen LogP contribution in [0.2, 0.25) is 0 Å². The zero-order chi connectivity index (χ0) is 12.7. The maximum Gasteiger partial charge on any atom is 0.135 e. The first-order valence-corrected chi connectivity index (χ1v) is 6.00. The van der Waals surface area contributed by atoms with Crippen molar-refractivity contribution in [1.29, 1.82) is 0 Å². The average Bonchev–Trinajstić information content (AvgIpc) is 2.74. The van der Waals surface area contributed by atoms with E-state index in [1.807, 2.05) is 24.3 Å². The van der Waals surface area contributed by atoms with E-state index in [1.165, 1.54) is 11.1 Å². The normalized spacial score (nSPS) is 11.0. The highest BCUT2D eigenvalue weighted by atomic mass is 16.3. The lowest BCUT2D eigenvalue weighted by atomic mass is 10.1. The van der Waals surface area contributed by atoms with Crippen LogP contribution in [-0.4, -0.2) is 0 Å². The molecule has 0 atom stereocenters. The maximum atomic E-state index is 5.89. The molecule has 0 amide bonds. The SMILES string of the molecule is Cc1ccc2oc(-c3cc(N)ccc3C)cc2c1. The highest BCUT2D eigenvalue weighted by Gasteiger charge is 2.09. The average molecular weight is 237 g/mol. The molecule has 2 nitrogen and oxygen atoms in total. The second kappa shape index (κ2) is 3.91. The van der Waals surface area contributed by atoms with Crippen LogP contribution in [0.4, 0.5) is 5.69 Å². The van der Waals surface area contributed by atoms with Gasteiger partial charge < -0.3 is 10.2 Å². The van der Waals surface area contributed by atoms with Gasteiger partial charge in [-0.2, -0.15) is 0 Å². The van der Waals surface area contributed by atoms with Gasteiger partial charge in [0.15, 0.2) is 0 Å². The summed E-state index contributed by atoms with van der Waals surface area (Å²) in [6, 6.07) is 14.2. The van der Waals surface area contributed by atoms with Gasteiger partial charge in [0, 0.05) is 16.6 Å². The Morgan fingerprint density at radius 2 is 1.78 bits per heavy atom. The maximum absolute atomic E-state index is 5.89. The molecule has 0 aliphatic heterocycles. The summed E-state index contributed by atoms with van der Waals surface area (Å²) >= 11 is 0. The predicted octanol–water partition coefficient (Wildman–Crippen LogP) is 4.30. The van der Waals surface area contributed by atoms with Crippen molar-refractivity contribution in [3.8, 4) is 11.3 Å². The predicted molar refractivity (Wildman–Crippen MR) is 75.5 cm³/mol. The summed E-state index contributed by atoms with van der Waals surface area (Å²) in [6.07, 6.45) is 0. The van der Waals surface area contributed by atoms with Crippen LogP contribution in [0.25, 0.3) is 22.3 Å². The van der Waals surface area contributed by atoms with Gasteiger partial charge in [0.2, 0.25) is 0 Å². The highest BCUT2D eigenvalue weighted by molar-refractivity contribution is 5.84. The van der Waals surface area contributed by atoms with Crippen LogP contribution in [0.3, 0.4) is 0 Å². The summed E-state index contributed by atoms with van der Waals surface area (Å²) in [5, 5.41) is 1.13. The molecule has 0 aliphatic rings. The molecular weight excluding hydrogens is 222 g/mol. The Kier molecular flexibility index (Phi) is 2.37. The molecule has 0 saturated heterocycles. The van der Waals surface area contributed by atoms with Crippen molar-refractivity contribution < 1.29 is 4.42 Å². The van der Waals surface area contributed by atoms with Gasteiger partial charge in [-0.3, -0.25) is 0 Å². The number of fused-ring (bicyclic) bond motifs is 1. The summed E-state index contributed by atoms with van der Waals surface area (Å²) in [6.45, 7) is 4.14. The Morgan fingerprint density at radius 1 is 0.944 bits per heavy atom. The largest absolute Gasteiger partial charge is 0.456 e. The number of aryl methyl sites for hydroxylation is 2. The number of benzene rings is 2. The molecule has 0 unspecified atom stereocenters. The molecule has 2 heteroatoms. The number of rotatable bonds is 1. The zero-order valence-electron chi connectivity index (χ0n) is 10.5. The number of hydrogen-bond donors (Lipinski definition) is 1. The third-order valence-electron chi connectivity index (χ3n) is 3.20. The lowest BCUT2D eigenvalue weighted by Gasteiger charge is -2.03. The van der Waals surface area contributed by atoms with Gasteiger partial charge in [0.25, 0.3) is 0 Å². The van der Waals surface area contributed by atoms with E-state index in [4.69, 9.17) is 10.2 Å². The van der Waals surface area contributed by atoms with Crippen molar-refractivity contribution in [2.24, 2.45) is 0 Å². The van der Waals surface area contributed by atoms with E-state index in [9.17, 15) is 0 Å². The standard InChI is InChI=1S/C16H15NO/c1-10-3-6-15-12(7-10)8-16(18-15)14-9-13(17)5-4-11(14)2/h3-9H,17H2,1-2H3. The molecule has 2 N–H and O–H groups in total. The first kappa shape index (κ1) is 10.9. The van der Waals surface area contributed by atoms with Gasteiger partial charge in [-0.05, 0) is 49.7 Å². The molecule has 3 aromatic rings. The Morgan fingerprint density at radius 3 is 2.61 bits per heavy atom. The van der Waals surface area contributed by atoms with Crippen molar-refractivity contribution >= 4 is 16.7 Å². The molecule has 0 bridgehead atoms. The monoisotopic (exact) mass is 237 g/mol. The summed E-state index contributed by atoms with van der Waals surface area (Å²) in [7, 11) is 0. The van der Waals surface area contributed by atoms with E-state index >= 15 is 0 Å². The Hall–Kier alpha value is -2.22. The lowest BCUT2D eigenvalue weighted by Crippen LogP contribution is -1.87. The minimum atomic E-state index is 0.757. The topological polar surface area (TPSA) is 39.2 Å². The van der Waals surface area contributed by atoms with Crippen LogP contribution in [0.1, 0.15) is 11.1 Å². The number of anilines is 1. The molecule has 1 heterocycles. The highest BCUT2D eigenvalue weighted by Crippen LogP contribution is 2.31. The Labute approximate surface area is 106 Å². The smallest absolute Gasteiger partial charge is 0.135 e. The number of furan rings is 1. The Balaban J connectivity index is 2.22. The molecule has 0 radical (unpaired) electrons. The van der Waals surface area contributed by atoms with Gasteiger partial charge in [-0.1, -0.05) is 17.7 Å². The van der Waals surface area contributed by atoms with E-state index in [0.717, 1.165) is 28.0 Å². The fourth-order valence-electron chi connectivity index (χ4n) is 2.20. The second-order valence-corrected chi connectivity index (χ2v) is 4.73. The fourth-order valence-corrected chi connectivity index (χ4v) is 2.20. The van der Waals surface area contributed by atoms with E-state index in [-0.39, 0.29) is 0 Å². The van der Waals surface area contributed by atoms with Crippen LogP contribution in [0.5, 0.6) is 0 Å². The number of nitrogen functional groups attached to an aromatic ring is 1. The number of hydrogen-bond acceptors (Lipinski definition) is 2. The van der Waals surface area contributed by atoms with Crippen molar-refractivity contribution in [2.45, 2.75) is 13.8 Å². The van der Waals surface area contributed by atoms with Gasteiger partial charge in [-0.15, -0.1) is 0 Å². The molecule has 90 valence electrons. The van der Waals surface area contributed by atoms with E-state index < -0.39 is 0 Å². The molecule has 3 rings (SSSR count). The van der Waals surface area contributed by atoms with Gasteiger partial charge in [-0.25, -0.2) is 0 Å². The number of nitrogens with two attached hydrogens (primary N) is 1. The third-order valence-corrected chi connectivity index (χ3v) is 3.20. The van der Waals surface area contributed by atoms with Crippen LogP contribution in [0.15, 0.2) is 46.9 Å². The van der Waals surface area contributed by atoms with Gasteiger partial charge in [0.1, 0.15) is 11.3 Å².